The monoisotopic (exact) mass is 268 g/mol. The molecule has 0 saturated carbocycles. The van der Waals surface area contributed by atoms with E-state index in [1.165, 1.54) is 7.11 Å². The lowest BCUT2D eigenvalue weighted by molar-refractivity contribution is -0.140. The molecule has 0 saturated heterocycles. The second-order valence-electron chi connectivity index (χ2n) is 4.69. The molecular weight excluding hydrogens is 248 g/mol. The predicted octanol–water partition coefficient (Wildman–Crippen LogP) is 1.33. The van der Waals surface area contributed by atoms with Crippen molar-refractivity contribution in [2.45, 2.75) is 51.0 Å². The van der Waals surface area contributed by atoms with Crippen molar-refractivity contribution >= 4 is 18.0 Å². The highest BCUT2D eigenvalue weighted by Crippen LogP contribution is 2.26. The van der Waals surface area contributed by atoms with E-state index in [9.17, 15) is 19.5 Å². The van der Waals surface area contributed by atoms with Crippen molar-refractivity contribution in [1.82, 2.24) is 0 Å². The van der Waals surface area contributed by atoms with Crippen molar-refractivity contribution in [3.05, 3.63) is 11.1 Å². The summed E-state index contributed by atoms with van der Waals surface area (Å²) in [5.74, 6) is -0.329. The van der Waals surface area contributed by atoms with Crippen molar-refractivity contribution in [2.24, 2.45) is 0 Å². The van der Waals surface area contributed by atoms with Gasteiger partial charge in [0.2, 0.25) is 0 Å². The maximum atomic E-state index is 11.6. The number of methoxy groups -OCH3 is 1. The minimum atomic E-state index is -0.917. The van der Waals surface area contributed by atoms with Crippen molar-refractivity contribution in [1.29, 1.82) is 0 Å². The van der Waals surface area contributed by atoms with E-state index < -0.39 is 6.10 Å². The Labute approximate surface area is 112 Å². The van der Waals surface area contributed by atoms with E-state index in [4.69, 9.17) is 0 Å². The Morgan fingerprint density at radius 2 is 2.05 bits per heavy atom. The van der Waals surface area contributed by atoms with Gasteiger partial charge in [-0.25, -0.2) is 0 Å². The summed E-state index contributed by atoms with van der Waals surface area (Å²) >= 11 is 0. The Hall–Kier alpha value is -1.49. The first kappa shape index (κ1) is 15.6. The van der Waals surface area contributed by atoms with Gasteiger partial charge in [0, 0.05) is 24.0 Å². The van der Waals surface area contributed by atoms with E-state index in [2.05, 4.69) is 4.74 Å². The molecule has 19 heavy (non-hydrogen) atoms. The predicted molar refractivity (Wildman–Crippen MR) is 68.4 cm³/mol. The molecule has 0 bridgehead atoms. The van der Waals surface area contributed by atoms with Crippen LogP contribution in [0.5, 0.6) is 0 Å². The summed E-state index contributed by atoms with van der Waals surface area (Å²) in [4.78, 5) is 33.2. The summed E-state index contributed by atoms with van der Waals surface area (Å²) in [5, 5.41) is 9.50. The number of hydrogen-bond acceptors (Lipinski definition) is 5. The summed E-state index contributed by atoms with van der Waals surface area (Å²) < 4.78 is 4.53. The second-order valence-corrected chi connectivity index (χ2v) is 4.69. The number of rotatable bonds is 8. The minimum absolute atomic E-state index is 0.0335. The minimum Gasteiger partial charge on any atom is -0.469 e. The number of ether oxygens (including phenoxy) is 1. The second kappa shape index (κ2) is 7.84. The van der Waals surface area contributed by atoms with E-state index in [0.717, 1.165) is 25.7 Å². The molecule has 106 valence electrons. The van der Waals surface area contributed by atoms with Gasteiger partial charge in [0.05, 0.1) is 13.2 Å². The van der Waals surface area contributed by atoms with Crippen LogP contribution in [-0.2, 0) is 19.1 Å². The lowest BCUT2D eigenvalue weighted by Crippen LogP contribution is -2.06. The summed E-state index contributed by atoms with van der Waals surface area (Å²) in [5.41, 5.74) is 0.732. The highest BCUT2D eigenvalue weighted by atomic mass is 16.5. The number of ketones is 1. The largest absolute Gasteiger partial charge is 0.469 e. The zero-order valence-electron chi connectivity index (χ0n) is 11.2. The van der Waals surface area contributed by atoms with E-state index >= 15 is 0 Å². The molecule has 1 atom stereocenters. The third kappa shape index (κ3) is 4.59. The number of carbonyl (C=O) groups is 3. The average molecular weight is 268 g/mol. The molecule has 0 radical (unpaired) electrons. The molecule has 0 aliphatic heterocycles. The molecule has 0 spiro atoms. The number of aliphatic hydroxyl groups excluding tert-OH is 1. The van der Waals surface area contributed by atoms with Crippen LogP contribution in [0, 0.1) is 0 Å². The third-order valence-corrected chi connectivity index (χ3v) is 3.34. The molecule has 0 amide bonds. The maximum Gasteiger partial charge on any atom is 0.305 e. The number of hydrogen-bond donors (Lipinski definition) is 1. The number of aliphatic hydroxyl groups is 1. The first-order valence-corrected chi connectivity index (χ1v) is 6.56. The number of allylic oxidation sites excluding steroid dienone is 1. The van der Waals surface area contributed by atoms with Gasteiger partial charge in [-0.05, 0) is 19.3 Å². The van der Waals surface area contributed by atoms with Crippen LogP contribution < -0.4 is 0 Å². The van der Waals surface area contributed by atoms with Gasteiger partial charge in [0.25, 0.3) is 0 Å². The standard InChI is InChI=1S/C14H20O5/c1-19-14(18)7-5-3-2-4-6-10-11(9-15)13(17)8-12(10)16/h9,13,17H,2-8H2,1H3. The van der Waals surface area contributed by atoms with Crippen LogP contribution in [0.4, 0.5) is 0 Å². The Bertz CT molecular complexity index is 383. The van der Waals surface area contributed by atoms with E-state index in [-0.39, 0.29) is 23.7 Å². The molecule has 0 fully saturated rings. The van der Waals surface area contributed by atoms with Crippen molar-refractivity contribution in [3.8, 4) is 0 Å². The van der Waals surface area contributed by atoms with Gasteiger partial charge in [-0.15, -0.1) is 0 Å². The fourth-order valence-corrected chi connectivity index (χ4v) is 2.23. The van der Waals surface area contributed by atoms with Crippen LogP contribution >= 0.6 is 0 Å². The fourth-order valence-electron chi connectivity index (χ4n) is 2.23. The van der Waals surface area contributed by atoms with Gasteiger partial charge in [0.1, 0.15) is 6.29 Å². The van der Waals surface area contributed by atoms with E-state index in [1.54, 1.807) is 0 Å². The van der Waals surface area contributed by atoms with Crippen LogP contribution in [0.2, 0.25) is 0 Å². The van der Waals surface area contributed by atoms with Crippen molar-refractivity contribution in [2.75, 3.05) is 7.11 Å². The van der Waals surface area contributed by atoms with Crippen molar-refractivity contribution < 1.29 is 24.2 Å². The van der Waals surface area contributed by atoms with Crippen molar-refractivity contribution in [3.63, 3.8) is 0 Å². The third-order valence-electron chi connectivity index (χ3n) is 3.34. The Balaban J connectivity index is 2.25. The molecule has 0 heterocycles. The molecule has 5 nitrogen and oxygen atoms in total. The van der Waals surface area contributed by atoms with E-state index in [0.29, 0.717) is 24.7 Å². The highest BCUT2D eigenvalue weighted by Gasteiger charge is 2.29. The molecule has 1 unspecified atom stereocenters. The molecule has 0 aromatic rings. The molecular formula is C14H20O5. The number of esters is 1. The lowest BCUT2D eigenvalue weighted by Gasteiger charge is -2.03. The zero-order chi connectivity index (χ0) is 14.3. The average Bonchev–Trinajstić information content (AvgIpc) is 2.67. The number of unbranched alkanes of at least 4 members (excludes halogenated alkanes) is 3. The zero-order valence-corrected chi connectivity index (χ0v) is 11.2. The Kier molecular flexibility index (Phi) is 6.42. The first-order chi connectivity index (χ1) is 9.10. The quantitative estimate of drug-likeness (QED) is 0.408. The molecule has 1 N–H and O–H groups in total. The van der Waals surface area contributed by atoms with Gasteiger partial charge in [0.15, 0.2) is 5.78 Å². The summed E-state index contributed by atoms with van der Waals surface area (Å²) in [6.45, 7) is 0. The highest BCUT2D eigenvalue weighted by molar-refractivity contribution is 6.05. The molecule has 0 aromatic heterocycles. The van der Waals surface area contributed by atoms with Crippen LogP contribution in [0.25, 0.3) is 0 Å². The van der Waals surface area contributed by atoms with Gasteiger partial charge < -0.3 is 9.84 Å². The summed E-state index contributed by atoms with van der Waals surface area (Å²) in [6, 6.07) is 0. The Morgan fingerprint density at radius 3 is 2.68 bits per heavy atom. The summed E-state index contributed by atoms with van der Waals surface area (Å²) in [6.07, 6.45) is 3.96. The SMILES string of the molecule is COC(=O)CCCCCCC1=C(C=O)C(O)CC1=O. The molecule has 0 aromatic carbocycles. The van der Waals surface area contributed by atoms with Crippen LogP contribution in [0.1, 0.15) is 44.9 Å². The molecule has 5 heteroatoms. The van der Waals surface area contributed by atoms with Crippen LogP contribution in [0.3, 0.4) is 0 Å². The topological polar surface area (TPSA) is 80.7 Å². The molecule has 1 aliphatic rings. The van der Waals surface area contributed by atoms with Gasteiger partial charge in [-0.3, -0.25) is 14.4 Å². The van der Waals surface area contributed by atoms with Crippen LogP contribution in [-0.4, -0.2) is 36.4 Å². The normalized spacial score (nSPS) is 18.8. The van der Waals surface area contributed by atoms with Crippen LogP contribution in [0.15, 0.2) is 11.1 Å². The van der Waals surface area contributed by atoms with E-state index in [1.807, 2.05) is 0 Å². The number of Topliss-reactive ketones (excluding diaryl/α,β-unsaturated/α-hetero) is 1. The van der Waals surface area contributed by atoms with Gasteiger partial charge in [-0.2, -0.15) is 0 Å². The number of carbonyl (C=O) groups excluding carboxylic acids is 3. The first-order valence-electron chi connectivity index (χ1n) is 6.56. The maximum absolute atomic E-state index is 11.6. The van der Waals surface area contributed by atoms with Gasteiger partial charge >= 0.3 is 5.97 Å². The fraction of sp³-hybridized carbons (Fsp3) is 0.643. The molecule has 1 rings (SSSR count). The Morgan fingerprint density at radius 1 is 1.37 bits per heavy atom. The summed E-state index contributed by atoms with van der Waals surface area (Å²) in [7, 11) is 1.37. The lowest BCUT2D eigenvalue weighted by atomic mass is 10.0. The molecule has 1 aliphatic carbocycles. The smallest absolute Gasteiger partial charge is 0.305 e. The van der Waals surface area contributed by atoms with Gasteiger partial charge in [-0.1, -0.05) is 12.8 Å². The number of aldehydes is 1.